The Hall–Kier alpha value is -2.28. The maximum Gasteiger partial charge on any atom is 0.250 e. The van der Waals surface area contributed by atoms with E-state index in [4.69, 9.17) is 0 Å². The fourth-order valence-electron chi connectivity index (χ4n) is 4.46. The third kappa shape index (κ3) is 4.09. The third-order valence-corrected chi connectivity index (χ3v) is 6.06. The van der Waals surface area contributed by atoms with Crippen LogP contribution in [0.25, 0.3) is 5.95 Å². The summed E-state index contributed by atoms with van der Waals surface area (Å²) in [5, 5.41) is 4.56. The number of nitrogens with zero attached hydrogens (tertiary/aromatic N) is 6. The van der Waals surface area contributed by atoms with E-state index in [2.05, 4.69) is 31.8 Å². The van der Waals surface area contributed by atoms with E-state index in [0.717, 1.165) is 50.3 Å². The predicted octanol–water partition coefficient (Wildman–Crippen LogP) is 2.90. The Morgan fingerprint density at radius 2 is 1.64 bits per heavy atom. The molecule has 0 saturated carbocycles. The van der Waals surface area contributed by atoms with Crippen LogP contribution < -0.4 is 0 Å². The number of aromatic nitrogens is 4. The van der Waals surface area contributed by atoms with E-state index in [-0.39, 0.29) is 11.9 Å². The Balaban J connectivity index is 1.60. The zero-order valence-corrected chi connectivity index (χ0v) is 16.8. The molecule has 2 aliphatic rings. The molecule has 4 heterocycles. The van der Waals surface area contributed by atoms with E-state index in [9.17, 15) is 4.79 Å². The van der Waals surface area contributed by atoms with Crippen LogP contribution in [0.15, 0.2) is 24.7 Å². The van der Waals surface area contributed by atoms with E-state index in [1.54, 1.807) is 23.1 Å². The Bertz CT molecular complexity index is 777. The monoisotopic (exact) mass is 382 g/mol. The minimum absolute atomic E-state index is 0.0761. The first-order valence-corrected chi connectivity index (χ1v) is 10.6. The van der Waals surface area contributed by atoms with Crippen LogP contribution in [0, 0.1) is 6.92 Å². The molecular formula is C21H30N6O. The van der Waals surface area contributed by atoms with Gasteiger partial charge in [-0.15, -0.1) is 0 Å². The lowest BCUT2D eigenvalue weighted by atomic mass is 9.98. The first-order chi connectivity index (χ1) is 13.7. The SMILES string of the molecule is Cc1c(C(CC(=O)N2CCCCC2)N2CCCCC2)cnn1-c1ncccn1. The molecule has 0 aromatic carbocycles. The summed E-state index contributed by atoms with van der Waals surface area (Å²) in [6.45, 7) is 5.96. The summed E-state index contributed by atoms with van der Waals surface area (Å²) in [5.74, 6) is 0.851. The molecular weight excluding hydrogens is 352 g/mol. The van der Waals surface area contributed by atoms with Crippen LogP contribution >= 0.6 is 0 Å². The van der Waals surface area contributed by atoms with Crippen molar-refractivity contribution < 1.29 is 4.79 Å². The van der Waals surface area contributed by atoms with Crippen molar-refractivity contribution in [2.24, 2.45) is 0 Å². The highest BCUT2D eigenvalue weighted by Crippen LogP contribution is 2.31. The van der Waals surface area contributed by atoms with Gasteiger partial charge in [-0.3, -0.25) is 9.69 Å². The molecule has 4 rings (SSSR count). The van der Waals surface area contributed by atoms with Crippen molar-refractivity contribution in [2.75, 3.05) is 26.2 Å². The van der Waals surface area contributed by atoms with Crippen molar-refractivity contribution in [2.45, 2.75) is 57.9 Å². The molecule has 0 radical (unpaired) electrons. The van der Waals surface area contributed by atoms with Gasteiger partial charge in [0.2, 0.25) is 5.91 Å². The van der Waals surface area contributed by atoms with E-state index in [0.29, 0.717) is 12.4 Å². The average Bonchev–Trinajstić information content (AvgIpc) is 3.15. The Morgan fingerprint density at radius 3 is 2.32 bits per heavy atom. The van der Waals surface area contributed by atoms with E-state index in [1.165, 1.54) is 25.7 Å². The van der Waals surface area contributed by atoms with Crippen LogP contribution in [0.1, 0.15) is 62.2 Å². The summed E-state index contributed by atoms with van der Waals surface area (Å²) >= 11 is 0. The predicted molar refractivity (Wildman–Crippen MR) is 107 cm³/mol. The summed E-state index contributed by atoms with van der Waals surface area (Å²) < 4.78 is 1.79. The van der Waals surface area contributed by atoms with Crippen molar-refractivity contribution in [1.29, 1.82) is 0 Å². The van der Waals surface area contributed by atoms with E-state index >= 15 is 0 Å². The summed E-state index contributed by atoms with van der Waals surface area (Å²) in [4.78, 5) is 26.3. The molecule has 2 aromatic heterocycles. The zero-order valence-electron chi connectivity index (χ0n) is 16.8. The minimum Gasteiger partial charge on any atom is -0.343 e. The molecule has 1 unspecified atom stereocenters. The lowest BCUT2D eigenvalue weighted by Gasteiger charge is -2.36. The van der Waals surface area contributed by atoms with Crippen molar-refractivity contribution >= 4 is 5.91 Å². The summed E-state index contributed by atoms with van der Waals surface area (Å²) in [5.41, 5.74) is 2.15. The molecule has 2 aromatic rings. The number of amides is 1. The van der Waals surface area contributed by atoms with E-state index in [1.807, 2.05) is 6.20 Å². The van der Waals surface area contributed by atoms with Gasteiger partial charge in [0, 0.05) is 49.2 Å². The van der Waals surface area contributed by atoms with Crippen molar-refractivity contribution in [1.82, 2.24) is 29.5 Å². The van der Waals surface area contributed by atoms with Gasteiger partial charge in [-0.2, -0.15) is 5.10 Å². The quantitative estimate of drug-likeness (QED) is 0.795. The fourth-order valence-corrected chi connectivity index (χ4v) is 4.46. The van der Waals surface area contributed by atoms with Crippen LogP contribution in [0.3, 0.4) is 0 Å². The first-order valence-electron chi connectivity index (χ1n) is 10.6. The maximum atomic E-state index is 13.1. The molecule has 28 heavy (non-hydrogen) atoms. The zero-order chi connectivity index (χ0) is 19.3. The third-order valence-electron chi connectivity index (χ3n) is 6.06. The number of hydrogen-bond acceptors (Lipinski definition) is 5. The summed E-state index contributed by atoms with van der Waals surface area (Å²) in [6.07, 6.45) is 13.1. The van der Waals surface area contributed by atoms with E-state index < -0.39 is 0 Å². The molecule has 0 bridgehead atoms. The van der Waals surface area contributed by atoms with Gasteiger partial charge < -0.3 is 4.90 Å². The molecule has 0 aliphatic carbocycles. The van der Waals surface area contributed by atoms with Crippen LogP contribution in [0.4, 0.5) is 0 Å². The van der Waals surface area contributed by atoms with Crippen LogP contribution in [0.5, 0.6) is 0 Å². The second kappa shape index (κ2) is 8.82. The Kier molecular flexibility index (Phi) is 6.00. The molecule has 150 valence electrons. The van der Waals surface area contributed by atoms with Gasteiger partial charge >= 0.3 is 0 Å². The van der Waals surface area contributed by atoms with Gasteiger partial charge in [0.15, 0.2) is 0 Å². The molecule has 1 atom stereocenters. The second-order valence-electron chi connectivity index (χ2n) is 7.90. The number of likely N-dealkylation sites (tertiary alicyclic amines) is 2. The Morgan fingerprint density at radius 1 is 1.00 bits per heavy atom. The van der Waals surface area contributed by atoms with Crippen molar-refractivity contribution in [3.05, 3.63) is 35.9 Å². The maximum absolute atomic E-state index is 13.1. The second-order valence-corrected chi connectivity index (χ2v) is 7.90. The largest absolute Gasteiger partial charge is 0.343 e. The van der Waals surface area contributed by atoms with Gasteiger partial charge in [-0.1, -0.05) is 6.42 Å². The fraction of sp³-hybridized carbons (Fsp3) is 0.619. The normalized spacial score (nSPS) is 19.5. The average molecular weight is 383 g/mol. The first kappa shape index (κ1) is 19.1. The topological polar surface area (TPSA) is 67.2 Å². The Labute approximate surface area is 166 Å². The molecule has 2 saturated heterocycles. The van der Waals surface area contributed by atoms with Crippen LogP contribution in [0.2, 0.25) is 0 Å². The highest BCUT2D eigenvalue weighted by Gasteiger charge is 2.30. The molecule has 7 heteroatoms. The smallest absolute Gasteiger partial charge is 0.250 e. The van der Waals surface area contributed by atoms with Gasteiger partial charge in [0.05, 0.1) is 6.20 Å². The lowest BCUT2D eigenvalue weighted by Crippen LogP contribution is -2.40. The van der Waals surface area contributed by atoms with Crippen LogP contribution in [-0.4, -0.2) is 61.6 Å². The molecule has 0 N–H and O–H groups in total. The highest BCUT2D eigenvalue weighted by atomic mass is 16.2. The van der Waals surface area contributed by atoms with Crippen molar-refractivity contribution in [3.8, 4) is 5.95 Å². The van der Waals surface area contributed by atoms with Gasteiger partial charge in [-0.25, -0.2) is 14.6 Å². The van der Waals surface area contributed by atoms with Crippen LogP contribution in [-0.2, 0) is 4.79 Å². The number of carbonyl (C=O) groups excluding carboxylic acids is 1. The summed E-state index contributed by atoms with van der Waals surface area (Å²) in [6, 6.07) is 1.88. The number of hydrogen-bond donors (Lipinski definition) is 0. The molecule has 1 amide bonds. The molecule has 2 aliphatic heterocycles. The minimum atomic E-state index is 0.0761. The van der Waals surface area contributed by atoms with Gasteiger partial charge in [0.1, 0.15) is 0 Å². The van der Waals surface area contributed by atoms with Crippen molar-refractivity contribution in [3.63, 3.8) is 0 Å². The molecule has 2 fully saturated rings. The lowest BCUT2D eigenvalue weighted by molar-refractivity contribution is -0.133. The summed E-state index contributed by atoms with van der Waals surface area (Å²) in [7, 11) is 0. The molecule has 0 spiro atoms. The van der Waals surface area contributed by atoms with Gasteiger partial charge in [0.25, 0.3) is 5.95 Å². The molecule has 7 nitrogen and oxygen atoms in total. The highest BCUT2D eigenvalue weighted by molar-refractivity contribution is 5.77. The number of piperidine rings is 2. The number of carbonyl (C=O) groups is 1. The van der Waals surface area contributed by atoms with Gasteiger partial charge in [-0.05, 0) is 58.2 Å². The standard InChI is InChI=1S/C21H30N6O/c1-17-18(16-24-27(17)21-22-9-8-10-23-21)19(25-11-4-2-5-12-25)15-20(28)26-13-6-3-7-14-26/h8-10,16,19H,2-7,11-15H2,1H3. The number of rotatable bonds is 5.